The Morgan fingerprint density at radius 3 is 2.58 bits per heavy atom. The van der Waals surface area contributed by atoms with Crippen molar-refractivity contribution in [3.63, 3.8) is 0 Å². The van der Waals surface area contributed by atoms with Crippen molar-refractivity contribution in [2.75, 3.05) is 0 Å². The molecule has 154 valence electrons. The number of carboxylic acids is 1. The van der Waals surface area contributed by atoms with E-state index in [0.717, 1.165) is 28.3 Å². The third-order valence-corrected chi connectivity index (χ3v) is 4.89. The van der Waals surface area contributed by atoms with E-state index < -0.39 is 5.97 Å². The molecule has 3 aromatic carbocycles. The molecule has 31 heavy (non-hydrogen) atoms. The topological polar surface area (TPSA) is 79.7 Å². The molecule has 4 aromatic rings. The van der Waals surface area contributed by atoms with Gasteiger partial charge in [-0.3, -0.25) is 4.98 Å². The molecule has 1 heterocycles. The molecule has 0 fully saturated rings. The number of benzene rings is 3. The molecule has 0 amide bonds. The first-order chi connectivity index (χ1) is 15.0. The summed E-state index contributed by atoms with van der Waals surface area (Å²) >= 11 is 0. The molecular weight excluding hydrogens is 390 g/mol. The largest absolute Gasteiger partial charge is 0.508 e. The molecule has 0 radical (unpaired) electrons. The third kappa shape index (κ3) is 4.41. The quantitative estimate of drug-likeness (QED) is 0.377. The van der Waals surface area contributed by atoms with E-state index in [1.54, 1.807) is 24.3 Å². The number of hydrogen-bond donors (Lipinski definition) is 2. The van der Waals surface area contributed by atoms with Crippen LogP contribution >= 0.6 is 0 Å². The number of aromatic nitrogens is 1. The summed E-state index contributed by atoms with van der Waals surface area (Å²) in [6, 6.07) is 22.2. The van der Waals surface area contributed by atoms with Gasteiger partial charge in [0, 0.05) is 23.1 Å². The average Bonchev–Trinajstić information content (AvgIpc) is 2.78. The van der Waals surface area contributed by atoms with Gasteiger partial charge in [0.05, 0.1) is 11.2 Å². The zero-order valence-corrected chi connectivity index (χ0v) is 16.9. The van der Waals surface area contributed by atoms with Crippen LogP contribution in [0.15, 0.2) is 78.9 Å². The van der Waals surface area contributed by atoms with Crippen molar-refractivity contribution in [1.82, 2.24) is 4.98 Å². The highest BCUT2D eigenvalue weighted by Gasteiger charge is 2.18. The van der Waals surface area contributed by atoms with Crippen LogP contribution in [0, 0.1) is 0 Å². The van der Waals surface area contributed by atoms with Gasteiger partial charge in [0.2, 0.25) is 0 Å². The minimum atomic E-state index is -1.01. The van der Waals surface area contributed by atoms with Crippen LogP contribution in [0.3, 0.4) is 0 Å². The minimum Gasteiger partial charge on any atom is -0.508 e. The predicted molar refractivity (Wildman–Crippen MR) is 121 cm³/mol. The number of nitrogens with zero attached hydrogens (tertiary/aromatic N) is 1. The van der Waals surface area contributed by atoms with Crippen LogP contribution in [-0.2, 0) is 11.2 Å². The maximum Gasteiger partial charge on any atom is 0.328 e. The van der Waals surface area contributed by atoms with Gasteiger partial charge in [-0.1, -0.05) is 49.4 Å². The monoisotopic (exact) mass is 411 g/mol. The van der Waals surface area contributed by atoms with Gasteiger partial charge in [0.15, 0.2) is 0 Å². The number of ether oxygens (including phenoxy) is 1. The molecule has 0 aliphatic rings. The van der Waals surface area contributed by atoms with E-state index in [1.165, 1.54) is 6.08 Å². The Bertz CT molecular complexity index is 1280. The van der Waals surface area contributed by atoms with E-state index >= 15 is 0 Å². The highest BCUT2D eigenvalue weighted by Crippen LogP contribution is 2.42. The lowest BCUT2D eigenvalue weighted by Gasteiger charge is -2.18. The SMILES string of the molecule is CCc1nc2cc(O)ccc2c(Oc2cccc(/C=C/C(=O)O)c2)c1-c1ccccc1. The van der Waals surface area contributed by atoms with Gasteiger partial charge in [-0.15, -0.1) is 0 Å². The second-order valence-corrected chi connectivity index (χ2v) is 7.03. The molecule has 0 atom stereocenters. The van der Waals surface area contributed by atoms with Gasteiger partial charge in [-0.05, 0) is 47.9 Å². The molecule has 0 saturated heterocycles. The molecule has 2 N–H and O–H groups in total. The number of aliphatic carboxylic acids is 1. The first-order valence-electron chi connectivity index (χ1n) is 9.95. The van der Waals surface area contributed by atoms with Crippen molar-refractivity contribution in [3.05, 3.63) is 90.1 Å². The summed E-state index contributed by atoms with van der Waals surface area (Å²) in [6.45, 7) is 2.03. The number of rotatable bonds is 6. The molecular formula is C26H21NO4. The molecule has 0 unspecified atom stereocenters. The zero-order chi connectivity index (χ0) is 21.8. The standard InChI is InChI=1S/C26H21NO4/c1-2-22-25(18-8-4-3-5-9-18)26(21-13-12-19(28)16-23(21)27-22)31-20-10-6-7-17(15-20)11-14-24(29)30/h3-16,28H,2H2,1H3,(H,29,30)/b14-11+. The second kappa shape index (κ2) is 8.71. The first-order valence-corrected chi connectivity index (χ1v) is 9.95. The fourth-order valence-electron chi connectivity index (χ4n) is 3.50. The summed E-state index contributed by atoms with van der Waals surface area (Å²) in [5.74, 6) is 0.353. The Hall–Kier alpha value is -4.12. The number of hydrogen-bond acceptors (Lipinski definition) is 4. The molecule has 4 rings (SSSR count). The fourth-order valence-corrected chi connectivity index (χ4v) is 3.50. The Labute approximate surface area is 179 Å². The number of phenolic OH excluding ortho intramolecular Hbond substituents is 1. The van der Waals surface area contributed by atoms with Crippen molar-refractivity contribution >= 4 is 22.9 Å². The number of aryl methyl sites for hydroxylation is 1. The van der Waals surface area contributed by atoms with Crippen molar-refractivity contribution < 1.29 is 19.7 Å². The third-order valence-electron chi connectivity index (χ3n) is 4.89. The van der Waals surface area contributed by atoms with Crippen molar-refractivity contribution in [2.45, 2.75) is 13.3 Å². The van der Waals surface area contributed by atoms with E-state index in [1.807, 2.05) is 55.5 Å². The van der Waals surface area contributed by atoms with E-state index in [-0.39, 0.29) is 5.75 Å². The molecule has 0 aliphatic heterocycles. The van der Waals surface area contributed by atoms with Crippen molar-refractivity contribution in [3.8, 4) is 28.4 Å². The van der Waals surface area contributed by atoms with Gasteiger partial charge in [0.1, 0.15) is 17.2 Å². The van der Waals surface area contributed by atoms with Crippen LogP contribution in [0.4, 0.5) is 0 Å². The van der Waals surface area contributed by atoms with E-state index in [4.69, 9.17) is 14.8 Å². The number of carboxylic acid groups (broad SMARTS) is 1. The number of carbonyl (C=O) groups is 1. The van der Waals surface area contributed by atoms with Crippen LogP contribution in [-0.4, -0.2) is 21.2 Å². The molecule has 0 spiro atoms. The molecule has 0 aliphatic carbocycles. The van der Waals surface area contributed by atoms with E-state index in [2.05, 4.69) is 0 Å². The number of fused-ring (bicyclic) bond motifs is 1. The minimum absolute atomic E-state index is 0.140. The Morgan fingerprint density at radius 1 is 1.03 bits per heavy atom. The Balaban J connectivity index is 1.91. The fraction of sp³-hybridized carbons (Fsp3) is 0.0769. The highest BCUT2D eigenvalue weighted by molar-refractivity contribution is 5.94. The molecule has 0 saturated carbocycles. The lowest BCUT2D eigenvalue weighted by Crippen LogP contribution is -1.99. The molecule has 1 aromatic heterocycles. The summed E-state index contributed by atoms with van der Waals surface area (Å²) in [5, 5.41) is 19.6. The van der Waals surface area contributed by atoms with Crippen LogP contribution in [0.5, 0.6) is 17.2 Å². The lowest BCUT2D eigenvalue weighted by molar-refractivity contribution is -0.131. The average molecular weight is 411 g/mol. The highest BCUT2D eigenvalue weighted by atomic mass is 16.5. The number of pyridine rings is 1. The van der Waals surface area contributed by atoms with Crippen molar-refractivity contribution in [2.24, 2.45) is 0 Å². The van der Waals surface area contributed by atoms with E-state index in [0.29, 0.717) is 29.0 Å². The summed E-state index contributed by atoms with van der Waals surface area (Å²) in [5.41, 5.74) is 4.11. The lowest BCUT2D eigenvalue weighted by atomic mass is 9.98. The summed E-state index contributed by atoms with van der Waals surface area (Å²) in [6.07, 6.45) is 3.30. The maximum atomic E-state index is 10.8. The van der Waals surface area contributed by atoms with Gasteiger partial charge >= 0.3 is 5.97 Å². The van der Waals surface area contributed by atoms with Gasteiger partial charge in [-0.25, -0.2) is 4.79 Å². The molecule has 5 heteroatoms. The van der Waals surface area contributed by atoms with Gasteiger partial charge < -0.3 is 14.9 Å². The van der Waals surface area contributed by atoms with Crippen LogP contribution < -0.4 is 4.74 Å². The molecule has 5 nitrogen and oxygen atoms in total. The van der Waals surface area contributed by atoms with Crippen LogP contribution in [0.1, 0.15) is 18.2 Å². The zero-order valence-electron chi connectivity index (χ0n) is 16.9. The van der Waals surface area contributed by atoms with Crippen LogP contribution in [0.25, 0.3) is 28.1 Å². The van der Waals surface area contributed by atoms with Gasteiger partial charge in [-0.2, -0.15) is 0 Å². The summed E-state index contributed by atoms with van der Waals surface area (Å²) < 4.78 is 6.40. The Morgan fingerprint density at radius 2 is 1.84 bits per heavy atom. The predicted octanol–water partition coefficient (Wildman–Crippen LogP) is 6.06. The summed E-state index contributed by atoms with van der Waals surface area (Å²) in [7, 11) is 0. The number of aromatic hydroxyl groups is 1. The maximum absolute atomic E-state index is 10.8. The molecule has 0 bridgehead atoms. The normalized spacial score (nSPS) is 11.1. The first kappa shape index (κ1) is 20.2. The Kier molecular flexibility index (Phi) is 5.67. The van der Waals surface area contributed by atoms with Crippen LogP contribution in [0.2, 0.25) is 0 Å². The second-order valence-electron chi connectivity index (χ2n) is 7.03. The smallest absolute Gasteiger partial charge is 0.328 e. The van der Waals surface area contributed by atoms with Gasteiger partial charge in [0.25, 0.3) is 0 Å². The number of phenols is 1. The van der Waals surface area contributed by atoms with Crippen molar-refractivity contribution in [1.29, 1.82) is 0 Å². The summed E-state index contributed by atoms with van der Waals surface area (Å²) in [4.78, 5) is 15.6. The van der Waals surface area contributed by atoms with E-state index in [9.17, 15) is 9.90 Å².